The Labute approximate surface area is 129 Å². The van der Waals surface area contributed by atoms with Crippen LogP contribution in [0.15, 0.2) is 34.8 Å². The Morgan fingerprint density at radius 2 is 2.15 bits per heavy atom. The third-order valence-corrected chi connectivity index (χ3v) is 3.63. The molecule has 0 aliphatic heterocycles. The molecule has 2 nitrogen and oxygen atoms in total. The van der Waals surface area contributed by atoms with E-state index in [9.17, 15) is 9.18 Å². The topological polar surface area (TPSA) is 26.3 Å². The number of benzene rings is 2. The highest BCUT2D eigenvalue weighted by atomic mass is 79.9. The maximum atomic E-state index is 13.7. The van der Waals surface area contributed by atoms with Crippen LogP contribution < -0.4 is 4.74 Å². The zero-order valence-electron chi connectivity index (χ0n) is 10.6. The largest absolute Gasteiger partial charge is 0.488 e. The van der Waals surface area contributed by atoms with Crippen molar-refractivity contribution in [3.05, 3.63) is 62.3 Å². The molecular weight excluding hydrogens is 347 g/mol. The van der Waals surface area contributed by atoms with E-state index in [1.165, 1.54) is 12.1 Å². The lowest BCUT2D eigenvalue weighted by atomic mass is 10.1. The van der Waals surface area contributed by atoms with Gasteiger partial charge in [-0.2, -0.15) is 0 Å². The number of aryl methyl sites for hydroxylation is 1. The second kappa shape index (κ2) is 6.37. The number of aldehydes is 1. The van der Waals surface area contributed by atoms with Gasteiger partial charge < -0.3 is 4.74 Å². The minimum absolute atomic E-state index is 0.0329. The van der Waals surface area contributed by atoms with Gasteiger partial charge in [0.15, 0.2) is 6.29 Å². The maximum absolute atomic E-state index is 13.7. The predicted octanol–water partition coefficient (Wildman–Crippen LogP) is 4.94. The molecule has 0 N–H and O–H groups in total. The van der Waals surface area contributed by atoms with Crippen LogP contribution in [-0.2, 0) is 6.61 Å². The van der Waals surface area contributed by atoms with E-state index in [1.54, 1.807) is 12.1 Å². The molecular formula is C15H11BrClFO2. The van der Waals surface area contributed by atoms with Gasteiger partial charge in [-0.15, -0.1) is 0 Å². The zero-order chi connectivity index (χ0) is 14.7. The van der Waals surface area contributed by atoms with Crippen LogP contribution in [0.2, 0.25) is 5.02 Å². The van der Waals surface area contributed by atoms with Gasteiger partial charge in [-0.3, -0.25) is 4.79 Å². The Kier molecular flexibility index (Phi) is 4.78. The van der Waals surface area contributed by atoms with Crippen molar-refractivity contribution in [1.82, 2.24) is 0 Å². The molecule has 2 aromatic carbocycles. The van der Waals surface area contributed by atoms with E-state index in [0.717, 1.165) is 10.0 Å². The van der Waals surface area contributed by atoms with Crippen LogP contribution in [0.1, 0.15) is 21.5 Å². The molecule has 2 rings (SSSR count). The lowest BCUT2D eigenvalue weighted by Gasteiger charge is -2.13. The van der Waals surface area contributed by atoms with Crippen LogP contribution in [0.4, 0.5) is 4.39 Å². The molecule has 0 bridgehead atoms. The van der Waals surface area contributed by atoms with Gasteiger partial charge in [-0.1, -0.05) is 33.6 Å². The van der Waals surface area contributed by atoms with E-state index in [4.69, 9.17) is 16.3 Å². The molecule has 0 unspecified atom stereocenters. The molecule has 0 amide bonds. The van der Waals surface area contributed by atoms with E-state index in [1.807, 2.05) is 13.0 Å². The molecule has 0 saturated carbocycles. The Morgan fingerprint density at radius 3 is 2.80 bits per heavy atom. The normalized spacial score (nSPS) is 10.4. The zero-order valence-corrected chi connectivity index (χ0v) is 13.0. The Bertz CT molecular complexity index is 638. The van der Waals surface area contributed by atoms with Crippen molar-refractivity contribution in [1.29, 1.82) is 0 Å². The Hall–Kier alpha value is -1.39. The lowest BCUT2D eigenvalue weighted by molar-refractivity contribution is 0.111. The number of carbonyl (C=O) groups excluding carboxylic acids is 1. The number of rotatable bonds is 4. The fourth-order valence-corrected chi connectivity index (χ4v) is 2.66. The number of halogens is 3. The fourth-order valence-electron chi connectivity index (χ4n) is 1.86. The first-order valence-electron chi connectivity index (χ1n) is 5.84. The van der Waals surface area contributed by atoms with Gasteiger partial charge in [0.2, 0.25) is 0 Å². The van der Waals surface area contributed by atoms with Gasteiger partial charge in [-0.05, 0) is 36.8 Å². The summed E-state index contributed by atoms with van der Waals surface area (Å²) in [5, 5.41) is 0.299. The average molecular weight is 358 g/mol. The van der Waals surface area contributed by atoms with Crippen molar-refractivity contribution in [2.75, 3.05) is 0 Å². The van der Waals surface area contributed by atoms with E-state index < -0.39 is 5.82 Å². The molecule has 0 saturated heterocycles. The standard InChI is InChI=1S/C15H11BrClFO2/c1-9-5-11(16)6-10(7-19)15(9)20-8-12-13(17)3-2-4-14(12)18/h2-7H,8H2,1H3. The van der Waals surface area contributed by atoms with Gasteiger partial charge in [0.05, 0.1) is 10.6 Å². The minimum Gasteiger partial charge on any atom is -0.488 e. The van der Waals surface area contributed by atoms with Crippen LogP contribution in [-0.4, -0.2) is 6.29 Å². The predicted molar refractivity (Wildman–Crippen MR) is 80.0 cm³/mol. The van der Waals surface area contributed by atoms with Crippen LogP contribution in [0.3, 0.4) is 0 Å². The van der Waals surface area contributed by atoms with Gasteiger partial charge in [0, 0.05) is 10.0 Å². The van der Waals surface area contributed by atoms with Crippen molar-refractivity contribution in [3.63, 3.8) is 0 Å². The SMILES string of the molecule is Cc1cc(Br)cc(C=O)c1OCc1c(F)cccc1Cl. The average Bonchev–Trinajstić information content (AvgIpc) is 2.39. The first kappa shape index (κ1) is 15.0. The van der Waals surface area contributed by atoms with Crippen LogP contribution in [0, 0.1) is 12.7 Å². The summed E-state index contributed by atoms with van der Waals surface area (Å²) in [6.07, 6.45) is 0.704. The molecule has 0 atom stereocenters. The van der Waals surface area contributed by atoms with Crippen molar-refractivity contribution < 1.29 is 13.9 Å². The van der Waals surface area contributed by atoms with E-state index >= 15 is 0 Å². The summed E-state index contributed by atoms with van der Waals surface area (Å²) in [5.74, 6) is 0.00226. The van der Waals surface area contributed by atoms with Crippen molar-refractivity contribution >= 4 is 33.8 Å². The van der Waals surface area contributed by atoms with E-state index in [0.29, 0.717) is 22.6 Å². The summed E-state index contributed by atoms with van der Waals surface area (Å²) >= 11 is 9.25. The fraction of sp³-hybridized carbons (Fsp3) is 0.133. The highest BCUT2D eigenvalue weighted by Gasteiger charge is 2.12. The smallest absolute Gasteiger partial charge is 0.153 e. The van der Waals surface area contributed by atoms with Crippen molar-refractivity contribution in [3.8, 4) is 5.75 Å². The molecule has 2 aromatic rings. The third-order valence-electron chi connectivity index (χ3n) is 2.82. The number of hydrogen-bond acceptors (Lipinski definition) is 2. The van der Waals surface area contributed by atoms with Gasteiger partial charge >= 0.3 is 0 Å². The first-order chi connectivity index (χ1) is 9.52. The monoisotopic (exact) mass is 356 g/mol. The lowest BCUT2D eigenvalue weighted by Crippen LogP contribution is -2.03. The molecule has 0 aliphatic carbocycles. The Morgan fingerprint density at radius 1 is 1.40 bits per heavy atom. The molecule has 0 heterocycles. The quantitative estimate of drug-likeness (QED) is 0.724. The number of carbonyl (C=O) groups is 1. The van der Waals surface area contributed by atoms with Crippen molar-refractivity contribution in [2.45, 2.75) is 13.5 Å². The molecule has 0 spiro atoms. The Balaban J connectivity index is 2.30. The van der Waals surface area contributed by atoms with E-state index in [-0.39, 0.29) is 12.2 Å². The first-order valence-corrected chi connectivity index (χ1v) is 7.01. The molecule has 0 radical (unpaired) electrons. The van der Waals surface area contributed by atoms with Gasteiger partial charge in [0.25, 0.3) is 0 Å². The van der Waals surface area contributed by atoms with Gasteiger partial charge in [0.1, 0.15) is 18.2 Å². The number of ether oxygens (including phenoxy) is 1. The van der Waals surface area contributed by atoms with Crippen LogP contribution in [0.5, 0.6) is 5.75 Å². The molecule has 104 valence electrons. The highest BCUT2D eigenvalue weighted by Crippen LogP contribution is 2.29. The summed E-state index contributed by atoms with van der Waals surface area (Å²) in [4.78, 5) is 11.1. The summed E-state index contributed by atoms with van der Waals surface area (Å²) in [7, 11) is 0. The second-order valence-corrected chi connectivity index (χ2v) is 5.57. The van der Waals surface area contributed by atoms with Gasteiger partial charge in [-0.25, -0.2) is 4.39 Å². The summed E-state index contributed by atoms with van der Waals surface area (Å²) in [6.45, 7) is 1.78. The van der Waals surface area contributed by atoms with Crippen LogP contribution in [0.25, 0.3) is 0 Å². The third kappa shape index (κ3) is 3.19. The highest BCUT2D eigenvalue weighted by molar-refractivity contribution is 9.10. The van der Waals surface area contributed by atoms with Crippen LogP contribution >= 0.6 is 27.5 Å². The van der Waals surface area contributed by atoms with Crippen molar-refractivity contribution in [2.24, 2.45) is 0 Å². The number of hydrogen-bond donors (Lipinski definition) is 0. The molecule has 5 heteroatoms. The summed E-state index contributed by atoms with van der Waals surface area (Å²) in [5.41, 5.74) is 1.46. The minimum atomic E-state index is -0.431. The molecule has 0 aromatic heterocycles. The second-order valence-electron chi connectivity index (χ2n) is 4.25. The molecule has 0 aliphatic rings. The summed E-state index contributed by atoms with van der Waals surface area (Å²) < 4.78 is 20.0. The molecule has 20 heavy (non-hydrogen) atoms. The molecule has 0 fully saturated rings. The maximum Gasteiger partial charge on any atom is 0.153 e. The van der Waals surface area contributed by atoms with E-state index in [2.05, 4.69) is 15.9 Å². The summed E-state index contributed by atoms with van der Waals surface area (Å²) in [6, 6.07) is 7.92.